The largest absolute Gasteiger partial charge is 0.393 e. The van der Waals surface area contributed by atoms with Crippen molar-refractivity contribution in [3.05, 3.63) is 35.4 Å². The molecule has 1 heterocycles. The Bertz CT molecular complexity index is 956. The van der Waals surface area contributed by atoms with Gasteiger partial charge in [0.1, 0.15) is 23.5 Å². The molecule has 4 heteroatoms. The van der Waals surface area contributed by atoms with Gasteiger partial charge < -0.3 is 9.94 Å². The number of ketones is 1. The Labute approximate surface area is 185 Å². The summed E-state index contributed by atoms with van der Waals surface area (Å²) in [5.74, 6) is 2.28. The average Bonchev–Trinajstić information content (AvgIpc) is 3.32. The summed E-state index contributed by atoms with van der Waals surface area (Å²) >= 11 is 0. The molecule has 0 radical (unpaired) electrons. The standard InChI is InChI=1S/C27H35NO3/c1-15-5-4-6-16(13-15)24-23-21(29)14-17-7-8-18-19-9-10-22(30)26(19,2)12-11-20(18)27(17,3)25(23)31-28-24/h4-6,13,17-20,22-23,25,30H,7-12,14H2,1-3H3/t17-,18-,19-,20-,22-,23+,25-,26-,27-/m0/s1. The normalized spacial score (nSPS) is 48.2. The molecule has 4 fully saturated rings. The molecule has 4 saturated carbocycles. The third-order valence-corrected chi connectivity index (χ3v) is 10.5. The van der Waals surface area contributed by atoms with E-state index in [1.807, 2.05) is 6.07 Å². The van der Waals surface area contributed by atoms with Crippen LogP contribution in [0.3, 0.4) is 0 Å². The number of benzene rings is 1. The molecule has 1 N–H and O–H groups in total. The topological polar surface area (TPSA) is 58.9 Å². The van der Waals surface area contributed by atoms with Gasteiger partial charge in [-0.05, 0) is 74.5 Å². The maximum Gasteiger partial charge on any atom is 0.148 e. The van der Waals surface area contributed by atoms with Crippen LogP contribution in [-0.4, -0.2) is 28.8 Å². The monoisotopic (exact) mass is 421 g/mol. The number of Topliss-reactive ketones (excluding diaryl/α,β-unsaturated/α-hetero) is 1. The summed E-state index contributed by atoms with van der Waals surface area (Å²) in [7, 11) is 0. The van der Waals surface area contributed by atoms with Gasteiger partial charge in [0.15, 0.2) is 0 Å². The van der Waals surface area contributed by atoms with Crippen LogP contribution >= 0.6 is 0 Å². The molecule has 0 spiro atoms. The fourth-order valence-corrected chi connectivity index (χ4v) is 8.78. The zero-order valence-corrected chi connectivity index (χ0v) is 19.0. The average molecular weight is 422 g/mol. The van der Waals surface area contributed by atoms with Crippen molar-refractivity contribution in [3.63, 3.8) is 0 Å². The molecule has 166 valence electrons. The van der Waals surface area contributed by atoms with Gasteiger partial charge in [-0.2, -0.15) is 0 Å². The predicted molar refractivity (Wildman–Crippen MR) is 120 cm³/mol. The Hall–Kier alpha value is -1.68. The Morgan fingerprint density at radius 3 is 2.74 bits per heavy atom. The second-order valence-electron chi connectivity index (χ2n) is 11.7. The van der Waals surface area contributed by atoms with E-state index in [1.165, 1.54) is 12.0 Å². The molecule has 1 aromatic rings. The van der Waals surface area contributed by atoms with E-state index in [2.05, 4.69) is 44.1 Å². The van der Waals surface area contributed by atoms with E-state index in [0.29, 0.717) is 35.9 Å². The number of aryl methyl sites for hydroxylation is 1. The lowest BCUT2D eigenvalue weighted by atomic mass is 9.43. The SMILES string of the molecule is Cc1cccc(C2=NO[C@H]3[C@@H]2C(=O)C[C@@H]2CC[C@H]4[C@@H]5CC[C@H](O)[C@@]5(C)CC[C@@H]4[C@]23C)c1. The number of carbonyl (C=O) groups excluding carboxylic acids is 1. The zero-order chi connectivity index (χ0) is 21.5. The summed E-state index contributed by atoms with van der Waals surface area (Å²) in [5, 5.41) is 15.3. The quantitative estimate of drug-likeness (QED) is 0.701. The fourth-order valence-electron chi connectivity index (χ4n) is 8.78. The predicted octanol–water partition coefficient (Wildman–Crippen LogP) is 4.91. The van der Waals surface area contributed by atoms with Gasteiger partial charge in [0.2, 0.25) is 0 Å². The third kappa shape index (κ3) is 2.57. The smallest absolute Gasteiger partial charge is 0.148 e. The highest BCUT2D eigenvalue weighted by Crippen LogP contribution is 2.67. The lowest BCUT2D eigenvalue weighted by molar-refractivity contribution is -0.186. The van der Waals surface area contributed by atoms with Gasteiger partial charge in [0.25, 0.3) is 0 Å². The van der Waals surface area contributed by atoms with E-state index < -0.39 is 0 Å². The highest BCUT2D eigenvalue weighted by molar-refractivity contribution is 6.15. The lowest BCUT2D eigenvalue weighted by Crippen LogP contribution is -2.61. The minimum absolute atomic E-state index is 0.0224. The molecule has 5 aliphatic rings. The van der Waals surface area contributed by atoms with E-state index in [-0.39, 0.29) is 29.0 Å². The van der Waals surface area contributed by atoms with Crippen molar-refractivity contribution in [3.8, 4) is 0 Å². The zero-order valence-electron chi connectivity index (χ0n) is 19.0. The molecule has 0 bridgehead atoms. The number of aliphatic hydroxyl groups excluding tert-OH is 1. The number of nitrogens with zero attached hydrogens (tertiary/aromatic N) is 1. The van der Waals surface area contributed by atoms with Crippen LogP contribution in [0.25, 0.3) is 0 Å². The van der Waals surface area contributed by atoms with Crippen molar-refractivity contribution in [2.45, 2.75) is 77.9 Å². The van der Waals surface area contributed by atoms with Gasteiger partial charge in [-0.15, -0.1) is 0 Å². The van der Waals surface area contributed by atoms with Crippen molar-refractivity contribution in [2.24, 2.45) is 45.6 Å². The van der Waals surface area contributed by atoms with E-state index in [0.717, 1.165) is 43.4 Å². The van der Waals surface area contributed by atoms with Gasteiger partial charge in [0.05, 0.1) is 6.10 Å². The molecule has 1 aromatic carbocycles. The Morgan fingerprint density at radius 1 is 1.10 bits per heavy atom. The Balaban J connectivity index is 1.36. The van der Waals surface area contributed by atoms with Crippen molar-refractivity contribution < 1.29 is 14.7 Å². The third-order valence-electron chi connectivity index (χ3n) is 10.5. The molecule has 4 aliphatic carbocycles. The van der Waals surface area contributed by atoms with Gasteiger partial charge in [-0.25, -0.2) is 0 Å². The summed E-state index contributed by atoms with van der Waals surface area (Å²) in [6, 6.07) is 8.32. The van der Waals surface area contributed by atoms with Crippen LogP contribution in [0.5, 0.6) is 0 Å². The van der Waals surface area contributed by atoms with Crippen LogP contribution < -0.4 is 0 Å². The number of hydrogen-bond acceptors (Lipinski definition) is 4. The van der Waals surface area contributed by atoms with Crippen LogP contribution in [0.15, 0.2) is 29.4 Å². The van der Waals surface area contributed by atoms with Crippen molar-refractivity contribution >= 4 is 11.5 Å². The summed E-state index contributed by atoms with van der Waals surface area (Å²) < 4.78 is 0. The molecule has 31 heavy (non-hydrogen) atoms. The lowest BCUT2D eigenvalue weighted by Gasteiger charge is -2.61. The number of carbonyl (C=O) groups is 1. The number of oxime groups is 1. The van der Waals surface area contributed by atoms with Crippen LogP contribution in [0.2, 0.25) is 0 Å². The maximum absolute atomic E-state index is 13.4. The molecule has 0 saturated heterocycles. The van der Waals surface area contributed by atoms with Gasteiger partial charge in [0, 0.05) is 17.4 Å². The maximum atomic E-state index is 13.4. The van der Waals surface area contributed by atoms with Crippen LogP contribution in [-0.2, 0) is 9.63 Å². The molecular formula is C27H35NO3. The summed E-state index contributed by atoms with van der Waals surface area (Å²) in [4.78, 5) is 19.6. The minimum Gasteiger partial charge on any atom is -0.393 e. The second kappa shape index (κ2) is 6.66. The van der Waals surface area contributed by atoms with Crippen molar-refractivity contribution in [2.75, 3.05) is 0 Å². The first-order chi connectivity index (χ1) is 14.8. The molecule has 9 atom stereocenters. The summed E-state index contributed by atoms with van der Waals surface area (Å²) in [6.45, 7) is 6.83. The van der Waals surface area contributed by atoms with Crippen LogP contribution in [0.1, 0.15) is 69.9 Å². The number of rotatable bonds is 1. The first-order valence-corrected chi connectivity index (χ1v) is 12.4. The van der Waals surface area contributed by atoms with E-state index in [1.54, 1.807) is 0 Å². The van der Waals surface area contributed by atoms with Gasteiger partial charge in [-0.1, -0.05) is 48.8 Å². The van der Waals surface area contributed by atoms with E-state index in [9.17, 15) is 9.90 Å². The Kier molecular flexibility index (Phi) is 4.29. The highest BCUT2D eigenvalue weighted by atomic mass is 16.6. The first kappa shape index (κ1) is 20.0. The van der Waals surface area contributed by atoms with E-state index in [4.69, 9.17) is 4.84 Å². The first-order valence-electron chi connectivity index (χ1n) is 12.4. The Morgan fingerprint density at radius 2 is 1.94 bits per heavy atom. The van der Waals surface area contributed by atoms with Crippen LogP contribution in [0.4, 0.5) is 0 Å². The van der Waals surface area contributed by atoms with Gasteiger partial charge in [-0.3, -0.25) is 4.79 Å². The molecule has 0 unspecified atom stereocenters. The van der Waals surface area contributed by atoms with Gasteiger partial charge >= 0.3 is 0 Å². The summed E-state index contributed by atoms with van der Waals surface area (Å²) in [6.07, 6.45) is 7.03. The molecule has 0 amide bonds. The summed E-state index contributed by atoms with van der Waals surface area (Å²) in [5.41, 5.74) is 3.11. The highest BCUT2D eigenvalue weighted by Gasteiger charge is 2.66. The molecule has 1 aliphatic heterocycles. The van der Waals surface area contributed by atoms with E-state index >= 15 is 0 Å². The molecular weight excluding hydrogens is 386 g/mol. The molecule has 6 rings (SSSR count). The number of fused-ring (bicyclic) bond motifs is 7. The number of aliphatic hydroxyl groups is 1. The van der Waals surface area contributed by atoms with Crippen LogP contribution in [0, 0.1) is 47.3 Å². The number of hydrogen-bond donors (Lipinski definition) is 1. The fraction of sp³-hybridized carbons (Fsp3) is 0.704. The minimum atomic E-state index is -0.232. The molecule has 4 nitrogen and oxygen atoms in total. The van der Waals surface area contributed by atoms with Crippen molar-refractivity contribution in [1.82, 2.24) is 0 Å². The second-order valence-corrected chi connectivity index (χ2v) is 11.7. The van der Waals surface area contributed by atoms with Crippen molar-refractivity contribution in [1.29, 1.82) is 0 Å². The molecule has 0 aromatic heterocycles.